The van der Waals surface area contributed by atoms with E-state index in [1.807, 2.05) is 12.1 Å². The second kappa shape index (κ2) is 3.83. The van der Waals surface area contributed by atoms with Gasteiger partial charge in [0.1, 0.15) is 0 Å². The Morgan fingerprint density at radius 2 is 2.21 bits per heavy atom. The predicted molar refractivity (Wildman–Crippen MR) is 61.6 cm³/mol. The van der Waals surface area contributed by atoms with E-state index in [1.165, 1.54) is 5.56 Å². The third-order valence-electron chi connectivity index (χ3n) is 2.14. The summed E-state index contributed by atoms with van der Waals surface area (Å²) in [6.45, 7) is 2.10. The molecule has 0 bridgehead atoms. The molecule has 0 aliphatic heterocycles. The molecule has 2 aromatic rings. The summed E-state index contributed by atoms with van der Waals surface area (Å²) < 4.78 is 1.07. The number of rotatable bonds is 1. The minimum absolute atomic E-state index is 0.637. The lowest BCUT2D eigenvalue weighted by Crippen LogP contribution is -1.88. The first-order valence-electron chi connectivity index (χ1n) is 4.31. The van der Waals surface area contributed by atoms with Gasteiger partial charge >= 0.3 is 0 Å². The number of hydrogen-bond donors (Lipinski definition) is 0. The second-order valence-corrected chi connectivity index (χ2v) is 4.27. The van der Waals surface area contributed by atoms with Gasteiger partial charge in [0.2, 0.25) is 0 Å². The lowest BCUT2D eigenvalue weighted by molar-refractivity contribution is 1.06. The highest BCUT2D eigenvalue weighted by atomic mass is 79.9. The Labute approximate surface area is 95.4 Å². The molecule has 1 aromatic heterocycles. The van der Waals surface area contributed by atoms with Gasteiger partial charge < -0.3 is 0 Å². The summed E-state index contributed by atoms with van der Waals surface area (Å²) in [5.41, 5.74) is 2.06. The van der Waals surface area contributed by atoms with Crippen LogP contribution < -0.4 is 0 Å². The zero-order chi connectivity index (χ0) is 10.1. The van der Waals surface area contributed by atoms with Crippen LogP contribution >= 0.6 is 27.5 Å². The fourth-order valence-corrected chi connectivity index (χ4v) is 2.18. The zero-order valence-electron chi connectivity index (χ0n) is 7.59. The summed E-state index contributed by atoms with van der Waals surface area (Å²) >= 11 is 9.51. The number of halogens is 2. The first kappa shape index (κ1) is 9.87. The quantitative estimate of drug-likeness (QED) is 0.792. The van der Waals surface area contributed by atoms with Crippen LogP contribution in [0.4, 0.5) is 0 Å². The van der Waals surface area contributed by atoms with Gasteiger partial charge in [-0.15, -0.1) is 0 Å². The zero-order valence-corrected chi connectivity index (χ0v) is 9.93. The van der Waals surface area contributed by atoms with Gasteiger partial charge in [0, 0.05) is 9.86 Å². The maximum absolute atomic E-state index is 6.00. The lowest BCUT2D eigenvalue weighted by Gasteiger charge is -2.04. The molecule has 0 unspecified atom stereocenters. The average Bonchev–Trinajstić information content (AvgIpc) is 2.19. The third-order valence-corrected chi connectivity index (χ3v) is 3.18. The summed E-state index contributed by atoms with van der Waals surface area (Å²) in [5.74, 6) is 0. The molecule has 0 aliphatic rings. The highest BCUT2D eigenvalue weighted by molar-refractivity contribution is 9.10. The normalized spacial score (nSPS) is 10.8. The second-order valence-electron chi connectivity index (χ2n) is 3.01. The van der Waals surface area contributed by atoms with Crippen molar-refractivity contribution in [1.29, 1.82) is 0 Å². The molecule has 0 radical (unpaired) electrons. The van der Waals surface area contributed by atoms with Crippen molar-refractivity contribution in [2.24, 2.45) is 0 Å². The van der Waals surface area contributed by atoms with Crippen molar-refractivity contribution in [3.8, 4) is 0 Å². The molecule has 1 heterocycles. The van der Waals surface area contributed by atoms with Crippen LogP contribution in [0.1, 0.15) is 12.5 Å². The number of fused-ring (bicyclic) bond motifs is 1. The number of benzene rings is 1. The topological polar surface area (TPSA) is 25.8 Å². The largest absolute Gasteiger partial charge is 0.157 e. The summed E-state index contributed by atoms with van der Waals surface area (Å²) in [6.07, 6.45) is 2.52. The van der Waals surface area contributed by atoms with E-state index < -0.39 is 0 Å². The molecule has 0 aliphatic carbocycles. The molecule has 1 aromatic carbocycles. The van der Waals surface area contributed by atoms with Crippen molar-refractivity contribution in [2.45, 2.75) is 13.3 Å². The van der Waals surface area contributed by atoms with Crippen molar-refractivity contribution in [2.75, 3.05) is 0 Å². The Morgan fingerprint density at radius 1 is 1.43 bits per heavy atom. The first-order valence-corrected chi connectivity index (χ1v) is 5.48. The highest BCUT2D eigenvalue weighted by Gasteiger charge is 2.05. The molecule has 0 saturated carbocycles. The van der Waals surface area contributed by atoms with E-state index in [0.717, 1.165) is 21.8 Å². The SMILES string of the molecule is CCc1cc2nncc(Cl)c2cc1Br. The minimum atomic E-state index is 0.637. The van der Waals surface area contributed by atoms with E-state index in [2.05, 4.69) is 33.1 Å². The number of hydrogen-bond acceptors (Lipinski definition) is 2. The Morgan fingerprint density at radius 3 is 2.93 bits per heavy atom. The van der Waals surface area contributed by atoms with Crippen molar-refractivity contribution >= 4 is 38.4 Å². The van der Waals surface area contributed by atoms with E-state index in [9.17, 15) is 0 Å². The molecule has 4 heteroatoms. The predicted octanol–water partition coefficient (Wildman–Crippen LogP) is 3.61. The maximum Gasteiger partial charge on any atom is 0.0948 e. The number of aromatic nitrogens is 2. The fraction of sp³-hybridized carbons (Fsp3) is 0.200. The van der Waals surface area contributed by atoms with Gasteiger partial charge in [-0.25, -0.2) is 0 Å². The van der Waals surface area contributed by atoms with Crippen LogP contribution in [0, 0.1) is 0 Å². The lowest BCUT2D eigenvalue weighted by atomic mass is 10.1. The molecule has 0 atom stereocenters. The standard InChI is InChI=1S/C10H8BrClN2/c1-2-6-3-10-7(4-8(6)11)9(12)5-13-14-10/h3-5H,2H2,1H3. The van der Waals surface area contributed by atoms with E-state index in [1.54, 1.807) is 6.20 Å². The molecule has 2 rings (SSSR count). The number of aryl methyl sites for hydroxylation is 1. The van der Waals surface area contributed by atoms with E-state index >= 15 is 0 Å². The fourth-order valence-electron chi connectivity index (χ4n) is 1.36. The van der Waals surface area contributed by atoms with Crippen LogP contribution in [-0.2, 0) is 6.42 Å². The Hall–Kier alpha value is -0.670. The van der Waals surface area contributed by atoms with Crippen molar-refractivity contribution < 1.29 is 0 Å². The maximum atomic E-state index is 6.00. The van der Waals surface area contributed by atoms with Crippen LogP contribution in [0.3, 0.4) is 0 Å². The van der Waals surface area contributed by atoms with Gasteiger partial charge in [-0.3, -0.25) is 0 Å². The van der Waals surface area contributed by atoms with Crippen molar-refractivity contribution in [1.82, 2.24) is 10.2 Å². The van der Waals surface area contributed by atoms with Crippen molar-refractivity contribution in [3.63, 3.8) is 0 Å². The average molecular weight is 272 g/mol. The molecule has 14 heavy (non-hydrogen) atoms. The molecule has 0 amide bonds. The molecule has 0 N–H and O–H groups in total. The molecule has 2 nitrogen and oxygen atoms in total. The molecule has 0 spiro atoms. The summed E-state index contributed by atoms with van der Waals surface area (Å²) in [6, 6.07) is 4.00. The smallest absolute Gasteiger partial charge is 0.0948 e. The molecule has 72 valence electrons. The molecular weight excluding hydrogens is 263 g/mol. The summed E-state index contributed by atoms with van der Waals surface area (Å²) in [5, 5.41) is 9.43. The van der Waals surface area contributed by atoms with Crippen molar-refractivity contribution in [3.05, 3.63) is 33.4 Å². The van der Waals surface area contributed by atoms with Gasteiger partial charge in [0.05, 0.1) is 16.7 Å². The number of nitrogens with zero attached hydrogens (tertiary/aromatic N) is 2. The van der Waals surface area contributed by atoms with E-state index in [4.69, 9.17) is 11.6 Å². The molecule has 0 fully saturated rings. The van der Waals surface area contributed by atoms with Crippen LogP contribution in [0.25, 0.3) is 10.9 Å². The minimum Gasteiger partial charge on any atom is -0.157 e. The van der Waals surface area contributed by atoms with Gasteiger partial charge in [-0.2, -0.15) is 10.2 Å². The van der Waals surface area contributed by atoms with E-state index in [0.29, 0.717) is 5.02 Å². The Bertz CT molecular complexity index is 485. The van der Waals surface area contributed by atoms with Crippen LogP contribution in [0.5, 0.6) is 0 Å². The first-order chi connectivity index (χ1) is 6.72. The Balaban J connectivity index is 2.79. The Kier molecular flexibility index (Phi) is 2.70. The van der Waals surface area contributed by atoms with E-state index in [-0.39, 0.29) is 0 Å². The van der Waals surface area contributed by atoms with Gasteiger partial charge in [-0.1, -0.05) is 34.5 Å². The van der Waals surface area contributed by atoms with Gasteiger partial charge in [-0.05, 0) is 24.1 Å². The third kappa shape index (κ3) is 1.62. The molecular formula is C10H8BrClN2. The highest BCUT2D eigenvalue weighted by Crippen LogP contribution is 2.27. The van der Waals surface area contributed by atoms with Crippen LogP contribution in [-0.4, -0.2) is 10.2 Å². The van der Waals surface area contributed by atoms with Gasteiger partial charge in [0.25, 0.3) is 0 Å². The van der Waals surface area contributed by atoms with Gasteiger partial charge in [0.15, 0.2) is 0 Å². The molecule has 0 saturated heterocycles. The monoisotopic (exact) mass is 270 g/mol. The van der Waals surface area contributed by atoms with Crippen LogP contribution in [0.2, 0.25) is 5.02 Å². The summed E-state index contributed by atoms with van der Waals surface area (Å²) in [7, 11) is 0. The summed E-state index contributed by atoms with van der Waals surface area (Å²) in [4.78, 5) is 0. The van der Waals surface area contributed by atoms with Crippen LogP contribution in [0.15, 0.2) is 22.8 Å².